The number of aromatic nitrogens is 2. The van der Waals surface area contributed by atoms with Crippen LogP contribution in [0.25, 0.3) is 12.2 Å². The Balaban J connectivity index is 2.46. The lowest BCUT2D eigenvalue weighted by Gasteiger charge is -2.14. The monoisotopic (exact) mass is 304 g/mol. The van der Waals surface area contributed by atoms with Gasteiger partial charge in [-0.25, -0.2) is 14.3 Å². The van der Waals surface area contributed by atoms with Crippen LogP contribution < -0.4 is 16.0 Å². The molecule has 116 valence electrons. The number of nitrogens with one attached hydrogen (secondary N) is 1. The number of aromatic amines is 1. The predicted octanol–water partition coefficient (Wildman–Crippen LogP) is 0.592. The summed E-state index contributed by atoms with van der Waals surface area (Å²) in [6.45, 7) is 3.57. The number of H-pyrrole nitrogens is 1. The normalized spacial score (nSPS) is 19.9. The molecule has 1 aliphatic carbocycles. The Labute approximate surface area is 126 Å². The van der Waals surface area contributed by atoms with E-state index in [0.717, 1.165) is 0 Å². The van der Waals surface area contributed by atoms with Gasteiger partial charge in [-0.2, -0.15) is 5.10 Å². The highest BCUT2D eigenvalue weighted by atomic mass is 19.1. The van der Waals surface area contributed by atoms with Crippen molar-refractivity contribution in [3.8, 4) is 0 Å². The van der Waals surface area contributed by atoms with Gasteiger partial charge in [-0.3, -0.25) is 4.79 Å². The van der Waals surface area contributed by atoms with Crippen LogP contribution in [-0.2, 0) is 11.2 Å². The number of carboxylic acid groups (broad SMARTS) is 1. The molecule has 1 aromatic heterocycles. The molecule has 1 atom stereocenters. The number of nitrogens with zero attached hydrogens (tertiary/aromatic N) is 1. The van der Waals surface area contributed by atoms with Crippen LogP contribution in [0.2, 0.25) is 0 Å². The third-order valence-electron chi connectivity index (χ3n) is 3.60. The van der Waals surface area contributed by atoms with Gasteiger partial charge >= 0.3 is 5.97 Å². The van der Waals surface area contributed by atoms with Gasteiger partial charge in [-0.15, -0.1) is 0 Å². The van der Waals surface area contributed by atoms with Gasteiger partial charge in [0.2, 0.25) is 0 Å². The minimum atomic E-state index is -1.48. The van der Waals surface area contributed by atoms with Crippen LogP contribution in [0.5, 0.6) is 0 Å². The molecule has 0 amide bonds. The summed E-state index contributed by atoms with van der Waals surface area (Å²) >= 11 is 0. The summed E-state index contributed by atoms with van der Waals surface area (Å²) in [5.41, 5.74) is 0.782. The van der Waals surface area contributed by atoms with E-state index >= 15 is 0 Å². The maximum atomic E-state index is 13.6. The molecule has 5 nitrogen and oxygen atoms in total. The zero-order valence-electron chi connectivity index (χ0n) is 12.4. The minimum Gasteiger partial charge on any atom is -0.478 e. The first-order valence-corrected chi connectivity index (χ1v) is 6.96. The second-order valence-corrected chi connectivity index (χ2v) is 4.97. The van der Waals surface area contributed by atoms with Crippen LogP contribution in [-0.4, -0.2) is 27.4 Å². The SMILES string of the molecule is C/C=c1/c(CC2=CCC(F)C(C(=O)O)=C2)n[nH]c(=O)/c1=C/C. The first-order chi connectivity index (χ1) is 10.5. The number of aliphatic carboxylic acids is 1. The molecule has 0 saturated heterocycles. The Kier molecular flexibility index (Phi) is 4.70. The lowest BCUT2D eigenvalue weighted by molar-refractivity contribution is -0.133. The van der Waals surface area contributed by atoms with E-state index in [1.54, 1.807) is 32.1 Å². The zero-order chi connectivity index (χ0) is 16.3. The fraction of sp³-hybridized carbons (Fsp3) is 0.312. The second kappa shape index (κ2) is 6.51. The molecule has 2 N–H and O–H groups in total. The van der Waals surface area contributed by atoms with Crippen LogP contribution in [0, 0.1) is 0 Å². The first kappa shape index (κ1) is 15.9. The molecule has 1 aliphatic rings. The van der Waals surface area contributed by atoms with Crippen LogP contribution in [0.1, 0.15) is 26.0 Å². The van der Waals surface area contributed by atoms with E-state index in [2.05, 4.69) is 10.2 Å². The highest BCUT2D eigenvalue weighted by Crippen LogP contribution is 2.22. The molecule has 22 heavy (non-hydrogen) atoms. The highest BCUT2D eigenvalue weighted by molar-refractivity contribution is 5.88. The van der Waals surface area contributed by atoms with E-state index in [1.807, 2.05) is 0 Å². The summed E-state index contributed by atoms with van der Waals surface area (Å²) in [5, 5.41) is 16.7. The molecular weight excluding hydrogens is 287 g/mol. The Hall–Kier alpha value is -2.50. The van der Waals surface area contributed by atoms with Crippen LogP contribution in [0.3, 0.4) is 0 Å². The zero-order valence-corrected chi connectivity index (χ0v) is 12.4. The predicted molar refractivity (Wildman–Crippen MR) is 81.4 cm³/mol. The van der Waals surface area contributed by atoms with Crippen molar-refractivity contribution in [2.45, 2.75) is 32.9 Å². The Bertz CT molecular complexity index is 834. The fourth-order valence-electron chi connectivity index (χ4n) is 2.50. The molecule has 0 saturated carbocycles. The topological polar surface area (TPSA) is 83.0 Å². The first-order valence-electron chi connectivity index (χ1n) is 6.96. The number of allylic oxidation sites excluding steroid dienone is 3. The summed E-state index contributed by atoms with van der Waals surface area (Å²) in [5.74, 6) is -1.25. The van der Waals surface area contributed by atoms with Gasteiger partial charge in [0.15, 0.2) is 0 Å². The van der Waals surface area contributed by atoms with Crippen LogP contribution in [0.15, 0.2) is 28.1 Å². The van der Waals surface area contributed by atoms with E-state index in [1.165, 1.54) is 6.08 Å². The smallest absolute Gasteiger partial charge is 0.334 e. The Morgan fingerprint density at radius 1 is 1.45 bits per heavy atom. The average Bonchev–Trinajstić information content (AvgIpc) is 2.50. The molecule has 1 unspecified atom stereocenters. The maximum absolute atomic E-state index is 13.6. The van der Waals surface area contributed by atoms with Crippen LogP contribution in [0.4, 0.5) is 4.39 Å². The molecule has 0 bridgehead atoms. The number of carbonyl (C=O) groups is 1. The maximum Gasteiger partial charge on any atom is 0.334 e. The van der Waals surface area contributed by atoms with Crippen molar-refractivity contribution in [2.75, 3.05) is 0 Å². The van der Waals surface area contributed by atoms with Crippen LogP contribution >= 0.6 is 0 Å². The van der Waals surface area contributed by atoms with E-state index < -0.39 is 12.1 Å². The molecular formula is C16H17FN2O3. The summed E-state index contributed by atoms with van der Waals surface area (Å²) in [6.07, 6.45) is 5.38. The van der Waals surface area contributed by atoms with Gasteiger partial charge in [0, 0.05) is 23.3 Å². The number of alkyl halides is 1. The lowest BCUT2D eigenvalue weighted by Crippen LogP contribution is -2.44. The highest BCUT2D eigenvalue weighted by Gasteiger charge is 2.23. The number of carboxylic acids is 1. The Morgan fingerprint density at radius 3 is 2.73 bits per heavy atom. The largest absolute Gasteiger partial charge is 0.478 e. The minimum absolute atomic E-state index is 0.0365. The van der Waals surface area contributed by atoms with Crippen molar-refractivity contribution in [1.82, 2.24) is 10.2 Å². The molecule has 0 spiro atoms. The Morgan fingerprint density at radius 2 is 2.14 bits per heavy atom. The third kappa shape index (κ3) is 3.05. The summed E-state index contributed by atoms with van der Waals surface area (Å²) in [4.78, 5) is 22.8. The van der Waals surface area contributed by atoms with Crippen molar-refractivity contribution in [3.05, 3.63) is 49.8 Å². The van der Waals surface area contributed by atoms with E-state index in [0.29, 0.717) is 28.1 Å². The molecule has 0 aliphatic heterocycles. The third-order valence-corrected chi connectivity index (χ3v) is 3.60. The molecule has 2 rings (SSSR count). The lowest BCUT2D eigenvalue weighted by atomic mass is 9.94. The molecule has 0 aromatic carbocycles. The summed E-state index contributed by atoms with van der Waals surface area (Å²) in [7, 11) is 0. The summed E-state index contributed by atoms with van der Waals surface area (Å²) in [6, 6.07) is 0. The van der Waals surface area contributed by atoms with E-state index in [9.17, 15) is 14.0 Å². The van der Waals surface area contributed by atoms with Gasteiger partial charge in [0.25, 0.3) is 5.56 Å². The number of hydrogen-bond donors (Lipinski definition) is 2. The van der Waals surface area contributed by atoms with E-state index in [-0.39, 0.29) is 17.6 Å². The number of rotatable bonds is 3. The van der Waals surface area contributed by atoms with Gasteiger partial charge in [0.1, 0.15) is 6.17 Å². The number of hydrogen-bond acceptors (Lipinski definition) is 3. The van der Waals surface area contributed by atoms with Gasteiger partial charge in [0.05, 0.1) is 11.3 Å². The average molecular weight is 304 g/mol. The standard InChI is InChI=1S/C16H17FN2O3/c1-3-10-11(4-2)15(20)19-18-14(10)8-9-5-6-13(17)12(7-9)16(21)22/h3-5,7,13H,6,8H2,1-2H3,(H,19,20)(H,21,22)/b10-3+,11-4+. The summed E-state index contributed by atoms with van der Waals surface area (Å²) < 4.78 is 13.6. The van der Waals surface area contributed by atoms with Gasteiger partial charge in [-0.05, 0) is 25.5 Å². The van der Waals surface area contributed by atoms with Crippen molar-refractivity contribution in [3.63, 3.8) is 0 Å². The van der Waals surface area contributed by atoms with Gasteiger partial charge < -0.3 is 5.11 Å². The van der Waals surface area contributed by atoms with Crippen molar-refractivity contribution in [2.24, 2.45) is 0 Å². The molecule has 6 heteroatoms. The fourth-order valence-corrected chi connectivity index (χ4v) is 2.50. The van der Waals surface area contributed by atoms with Gasteiger partial charge in [-0.1, -0.05) is 18.2 Å². The van der Waals surface area contributed by atoms with E-state index in [4.69, 9.17) is 5.11 Å². The van der Waals surface area contributed by atoms with Crippen molar-refractivity contribution in [1.29, 1.82) is 0 Å². The number of halogens is 1. The molecule has 0 fully saturated rings. The quantitative estimate of drug-likeness (QED) is 0.856. The molecule has 1 aromatic rings. The second-order valence-electron chi connectivity index (χ2n) is 4.97. The molecule has 0 radical (unpaired) electrons. The van der Waals surface area contributed by atoms with Crippen molar-refractivity contribution >= 4 is 18.1 Å². The van der Waals surface area contributed by atoms with Crippen molar-refractivity contribution < 1.29 is 14.3 Å². The molecule has 1 heterocycles.